The molecule has 0 aliphatic rings. The van der Waals surface area contributed by atoms with E-state index in [2.05, 4.69) is 15.9 Å². The molecule has 1 atom stereocenters. The highest BCUT2D eigenvalue weighted by Crippen LogP contribution is 2.21. The fourth-order valence-electron chi connectivity index (χ4n) is 1.84. The third kappa shape index (κ3) is 3.86. The molecule has 0 spiro atoms. The van der Waals surface area contributed by atoms with Gasteiger partial charge in [0.25, 0.3) is 0 Å². The topological polar surface area (TPSA) is 35.2 Å². The van der Waals surface area contributed by atoms with E-state index in [1.165, 1.54) is 6.07 Å². The zero-order chi connectivity index (χ0) is 13.7. The van der Waals surface area contributed by atoms with Crippen LogP contribution in [-0.2, 0) is 11.3 Å². The first-order valence-corrected chi connectivity index (χ1v) is 6.80. The average molecular weight is 324 g/mol. The van der Waals surface area contributed by atoms with Crippen LogP contribution in [0.3, 0.4) is 0 Å². The summed E-state index contributed by atoms with van der Waals surface area (Å²) >= 11 is 3.40. The molecule has 0 aromatic heterocycles. The van der Waals surface area contributed by atoms with E-state index in [9.17, 15) is 4.39 Å². The van der Waals surface area contributed by atoms with E-state index < -0.39 is 6.10 Å². The lowest BCUT2D eigenvalue weighted by Crippen LogP contribution is -2.17. The van der Waals surface area contributed by atoms with Crippen molar-refractivity contribution in [3.63, 3.8) is 0 Å². The van der Waals surface area contributed by atoms with Gasteiger partial charge in [-0.1, -0.05) is 46.3 Å². The van der Waals surface area contributed by atoms with Crippen LogP contribution in [0.2, 0.25) is 0 Å². The number of hydrogen-bond acceptors (Lipinski definition) is 2. The number of nitrogens with two attached hydrogens (primary N) is 1. The monoisotopic (exact) mass is 323 g/mol. The number of halogens is 2. The average Bonchev–Trinajstić information content (AvgIpc) is 2.41. The van der Waals surface area contributed by atoms with Gasteiger partial charge in [-0.25, -0.2) is 4.39 Å². The molecule has 0 amide bonds. The van der Waals surface area contributed by atoms with Gasteiger partial charge in [0.05, 0.1) is 12.7 Å². The summed E-state index contributed by atoms with van der Waals surface area (Å²) in [6.07, 6.45) is -0.430. The molecule has 100 valence electrons. The first kappa shape index (κ1) is 14.2. The van der Waals surface area contributed by atoms with Gasteiger partial charge in [-0.15, -0.1) is 0 Å². The summed E-state index contributed by atoms with van der Waals surface area (Å²) in [5, 5.41) is 0. The molecular formula is C15H15BrFNO. The van der Waals surface area contributed by atoms with Gasteiger partial charge in [0.15, 0.2) is 0 Å². The maximum absolute atomic E-state index is 13.7. The van der Waals surface area contributed by atoms with Crippen LogP contribution < -0.4 is 5.73 Å². The third-order valence-electron chi connectivity index (χ3n) is 2.81. The zero-order valence-corrected chi connectivity index (χ0v) is 11.9. The second-order valence-corrected chi connectivity index (χ2v) is 5.10. The van der Waals surface area contributed by atoms with Crippen molar-refractivity contribution in [2.75, 3.05) is 6.54 Å². The molecule has 0 aliphatic carbocycles. The van der Waals surface area contributed by atoms with Crippen LogP contribution in [0.5, 0.6) is 0 Å². The fourth-order valence-corrected chi connectivity index (χ4v) is 2.29. The number of hydrogen-bond donors (Lipinski definition) is 1. The predicted molar refractivity (Wildman–Crippen MR) is 77.1 cm³/mol. The van der Waals surface area contributed by atoms with E-state index in [4.69, 9.17) is 10.5 Å². The van der Waals surface area contributed by atoms with Crippen molar-refractivity contribution in [2.24, 2.45) is 5.73 Å². The molecule has 19 heavy (non-hydrogen) atoms. The van der Waals surface area contributed by atoms with Gasteiger partial charge in [0.2, 0.25) is 0 Å². The zero-order valence-electron chi connectivity index (χ0n) is 10.4. The highest BCUT2D eigenvalue weighted by molar-refractivity contribution is 9.10. The molecule has 2 aromatic carbocycles. The van der Waals surface area contributed by atoms with Crippen molar-refractivity contribution < 1.29 is 9.13 Å². The maximum Gasteiger partial charge on any atom is 0.129 e. The summed E-state index contributed by atoms with van der Waals surface area (Å²) in [7, 11) is 0. The third-order valence-corrected chi connectivity index (χ3v) is 3.30. The van der Waals surface area contributed by atoms with E-state index in [1.807, 2.05) is 24.3 Å². The Morgan fingerprint density at radius 3 is 2.63 bits per heavy atom. The molecule has 0 fully saturated rings. The number of benzene rings is 2. The Labute approximate surface area is 120 Å². The second kappa shape index (κ2) is 6.80. The van der Waals surface area contributed by atoms with E-state index in [0.29, 0.717) is 12.2 Å². The van der Waals surface area contributed by atoms with Crippen LogP contribution in [0.15, 0.2) is 53.0 Å². The first-order valence-electron chi connectivity index (χ1n) is 6.01. The Morgan fingerprint density at radius 1 is 1.16 bits per heavy atom. The highest BCUT2D eigenvalue weighted by Gasteiger charge is 2.14. The first-order chi connectivity index (χ1) is 9.20. The smallest absolute Gasteiger partial charge is 0.129 e. The molecule has 0 heterocycles. The van der Waals surface area contributed by atoms with Gasteiger partial charge < -0.3 is 10.5 Å². The van der Waals surface area contributed by atoms with Gasteiger partial charge in [0.1, 0.15) is 5.82 Å². The summed E-state index contributed by atoms with van der Waals surface area (Å²) in [5.41, 5.74) is 7.18. The van der Waals surface area contributed by atoms with Crippen LogP contribution in [0.25, 0.3) is 0 Å². The molecule has 0 aliphatic heterocycles. The van der Waals surface area contributed by atoms with Gasteiger partial charge >= 0.3 is 0 Å². The summed E-state index contributed by atoms with van der Waals surface area (Å²) in [6, 6.07) is 14.4. The minimum atomic E-state index is -0.430. The van der Waals surface area contributed by atoms with Gasteiger partial charge in [-0.3, -0.25) is 0 Å². The molecule has 0 saturated heterocycles. The SMILES string of the molecule is NCC(OCc1cccc(Br)c1)c1ccccc1F. The van der Waals surface area contributed by atoms with Gasteiger partial charge in [0, 0.05) is 16.6 Å². The van der Waals surface area contributed by atoms with E-state index in [1.54, 1.807) is 18.2 Å². The van der Waals surface area contributed by atoms with E-state index >= 15 is 0 Å². The molecule has 0 radical (unpaired) electrons. The van der Waals surface area contributed by atoms with Crippen molar-refractivity contribution in [1.82, 2.24) is 0 Å². The summed E-state index contributed by atoms with van der Waals surface area (Å²) in [6.45, 7) is 0.643. The van der Waals surface area contributed by atoms with Crippen LogP contribution >= 0.6 is 15.9 Å². The van der Waals surface area contributed by atoms with Crippen molar-refractivity contribution in [1.29, 1.82) is 0 Å². The number of ether oxygens (including phenoxy) is 1. The molecule has 0 saturated carbocycles. The molecule has 2 N–H and O–H groups in total. The second-order valence-electron chi connectivity index (χ2n) is 4.19. The fraction of sp³-hybridized carbons (Fsp3) is 0.200. The Kier molecular flexibility index (Phi) is 5.07. The molecular weight excluding hydrogens is 309 g/mol. The lowest BCUT2D eigenvalue weighted by Gasteiger charge is -2.17. The highest BCUT2D eigenvalue weighted by atomic mass is 79.9. The summed E-state index contributed by atoms with van der Waals surface area (Å²) in [5.74, 6) is -0.285. The van der Waals surface area contributed by atoms with Crippen LogP contribution in [0.4, 0.5) is 4.39 Å². The Morgan fingerprint density at radius 2 is 1.95 bits per heavy atom. The molecule has 4 heteroatoms. The molecule has 2 rings (SSSR count). The van der Waals surface area contributed by atoms with Crippen molar-refractivity contribution >= 4 is 15.9 Å². The minimum Gasteiger partial charge on any atom is -0.367 e. The molecule has 0 bridgehead atoms. The van der Waals surface area contributed by atoms with Crippen LogP contribution in [0, 0.1) is 5.82 Å². The van der Waals surface area contributed by atoms with Crippen molar-refractivity contribution in [3.05, 3.63) is 69.9 Å². The predicted octanol–water partition coefficient (Wildman–Crippen LogP) is 3.80. The van der Waals surface area contributed by atoms with Crippen LogP contribution in [0.1, 0.15) is 17.2 Å². The standard InChI is InChI=1S/C15H15BrFNO/c16-12-5-3-4-11(8-12)10-19-15(9-18)13-6-1-2-7-14(13)17/h1-8,15H,9-10,18H2. The summed E-state index contributed by atoms with van der Waals surface area (Å²) in [4.78, 5) is 0. The van der Waals surface area contributed by atoms with Gasteiger partial charge in [-0.05, 0) is 23.8 Å². The van der Waals surface area contributed by atoms with Gasteiger partial charge in [-0.2, -0.15) is 0 Å². The van der Waals surface area contributed by atoms with Crippen LogP contribution in [-0.4, -0.2) is 6.54 Å². The minimum absolute atomic E-state index is 0.245. The lowest BCUT2D eigenvalue weighted by molar-refractivity contribution is 0.0433. The van der Waals surface area contributed by atoms with E-state index in [-0.39, 0.29) is 12.4 Å². The lowest BCUT2D eigenvalue weighted by atomic mass is 10.1. The van der Waals surface area contributed by atoms with Crippen molar-refractivity contribution in [3.8, 4) is 0 Å². The molecule has 2 nitrogen and oxygen atoms in total. The Balaban J connectivity index is 2.06. The molecule has 1 unspecified atom stereocenters. The maximum atomic E-state index is 13.7. The van der Waals surface area contributed by atoms with Crippen molar-refractivity contribution in [2.45, 2.75) is 12.7 Å². The summed E-state index contributed by atoms with van der Waals surface area (Å²) < 4.78 is 20.4. The number of rotatable bonds is 5. The normalized spacial score (nSPS) is 12.4. The largest absolute Gasteiger partial charge is 0.367 e. The quantitative estimate of drug-likeness (QED) is 0.908. The van der Waals surface area contributed by atoms with E-state index in [0.717, 1.165) is 10.0 Å². The Bertz CT molecular complexity index is 547. The Hall–Kier alpha value is -1.23. The molecule has 2 aromatic rings.